The maximum Gasteiger partial charge on any atom is 0.330 e. The highest BCUT2D eigenvalue weighted by molar-refractivity contribution is 5.87. The van der Waals surface area contributed by atoms with Crippen molar-refractivity contribution in [2.75, 3.05) is 36.1 Å². The number of nitrogens with two attached hydrogens (primary N) is 4. The zero-order chi connectivity index (χ0) is 51.1. The van der Waals surface area contributed by atoms with E-state index in [2.05, 4.69) is 27.7 Å². The van der Waals surface area contributed by atoms with Crippen LogP contribution in [0.5, 0.6) is 11.5 Å². The fourth-order valence-corrected chi connectivity index (χ4v) is 9.25. The third-order valence-corrected chi connectivity index (χ3v) is 13.7. The summed E-state index contributed by atoms with van der Waals surface area (Å²) in [5.74, 6) is 1.43. The van der Waals surface area contributed by atoms with E-state index in [-0.39, 0.29) is 48.8 Å². The van der Waals surface area contributed by atoms with Crippen molar-refractivity contribution in [1.29, 1.82) is 0 Å². The van der Waals surface area contributed by atoms with Gasteiger partial charge in [0.2, 0.25) is 0 Å². The molecule has 71 heavy (non-hydrogen) atoms. The van der Waals surface area contributed by atoms with E-state index < -0.39 is 11.9 Å². The first-order valence-electron chi connectivity index (χ1n) is 25.9. The van der Waals surface area contributed by atoms with Crippen LogP contribution in [0.4, 0.5) is 22.7 Å². The third kappa shape index (κ3) is 19.3. The minimum Gasteiger partial charge on any atom is -0.462 e. The quantitative estimate of drug-likeness (QED) is 0.0266. The summed E-state index contributed by atoms with van der Waals surface area (Å²) in [5, 5.41) is 0. The molecule has 0 bridgehead atoms. The van der Waals surface area contributed by atoms with Crippen LogP contribution in [0.3, 0.4) is 0 Å². The molecular weight excluding hydrogens is 893 g/mol. The van der Waals surface area contributed by atoms with Gasteiger partial charge in [0.15, 0.2) is 0 Å². The first kappa shape index (κ1) is 55.4. The Hall–Kier alpha value is -6.56. The Morgan fingerprint density at radius 2 is 0.901 bits per heavy atom. The van der Waals surface area contributed by atoms with Crippen LogP contribution >= 0.6 is 0 Å². The highest BCUT2D eigenvalue weighted by Gasteiger charge is 2.28. The largest absolute Gasteiger partial charge is 0.462 e. The topological polar surface area (TPSA) is 209 Å². The number of esters is 4. The first-order chi connectivity index (χ1) is 34.2. The maximum absolute atomic E-state index is 12.5. The molecule has 0 heterocycles. The van der Waals surface area contributed by atoms with Crippen molar-refractivity contribution in [3.8, 4) is 11.5 Å². The highest BCUT2D eigenvalue weighted by Crippen LogP contribution is 2.33. The van der Waals surface area contributed by atoms with Gasteiger partial charge in [-0.05, 0) is 171 Å². The van der Waals surface area contributed by atoms with E-state index in [9.17, 15) is 19.2 Å². The van der Waals surface area contributed by atoms with E-state index in [1.165, 1.54) is 18.6 Å². The van der Waals surface area contributed by atoms with Crippen molar-refractivity contribution in [1.82, 2.24) is 0 Å². The van der Waals surface area contributed by atoms with Crippen LogP contribution < -0.4 is 32.4 Å². The molecule has 12 nitrogen and oxygen atoms in total. The molecule has 8 N–H and O–H groups in total. The van der Waals surface area contributed by atoms with Crippen molar-refractivity contribution in [2.24, 2.45) is 23.7 Å². The second-order valence-corrected chi connectivity index (χ2v) is 19.5. The SMILES string of the molecule is CCCCC(COC(=O)/C=C/c1ccc(OC(=O)C2CCC(C)CC2)cc1)c1cc(N)cc(N)c1.CCCCC(COC(=O)/C=C/c1ccc(OC(=O)C2CCC(CC)CC2)cc1)c1cc(N)cc(N)c1. The molecule has 0 radical (unpaired) electrons. The van der Waals surface area contributed by atoms with E-state index in [4.69, 9.17) is 41.9 Å². The first-order valence-corrected chi connectivity index (χ1v) is 25.9. The lowest BCUT2D eigenvalue weighted by atomic mass is 9.81. The molecule has 2 unspecified atom stereocenters. The van der Waals surface area contributed by atoms with Gasteiger partial charge in [-0.25, -0.2) is 9.59 Å². The van der Waals surface area contributed by atoms with Crippen LogP contribution in [-0.4, -0.2) is 37.1 Å². The number of anilines is 4. The Labute approximate surface area is 421 Å². The van der Waals surface area contributed by atoms with Gasteiger partial charge in [0.25, 0.3) is 0 Å². The molecule has 12 heteroatoms. The lowest BCUT2D eigenvalue weighted by molar-refractivity contribution is -0.141. The lowest BCUT2D eigenvalue weighted by Crippen LogP contribution is -2.25. The minimum atomic E-state index is -0.412. The van der Waals surface area contributed by atoms with Gasteiger partial charge in [-0.2, -0.15) is 0 Å². The van der Waals surface area contributed by atoms with Crippen LogP contribution in [0.1, 0.15) is 158 Å². The number of nitrogen functional groups attached to an aromatic ring is 4. The standard InChI is InChI=1S/C30H40N2O4.C29H38N2O4/c1-3-5-6-24(25-17-26(31)19-27(32)18-25)20-35-29(33)16-11-22-9-14-28(15-10-22)36-30(34)23-12-7-21(4-2)8-13-23;1-3-4-5-23(24-16-25(30)18-26(31)17-24)19-34-28(32)15-10-21-8-13-27(14-9-21)35-29(33)22-11-6-20(2)7-12-22/h9-11,14-19,21,23-24H,3-8,12-13,20,31-32H2,1-2H3;8-10,13-18,20,22-23H,3-7,11-12,19,30-31H2,1-2H3/b16-11+;15-10+. The van der Waals surface area contributed by atoms with E-state index in [0.29, 0.717) is 40.2 Å². The Morgan fingerprint density at radius 1 is 0.535 bits per heavy atom. The summed E-state index contributed by atoms with van der Waals surface area (Å²) in [6, 6.07) is 25.3. The van der Waals surface area contributed by atoms with E-state index in [1.54, 1.807) is 48.6 Å². The van der Waals surface area contributed by atoms with Gasteiger partial charge in [0.05, 0.1) is 25.0 Å². The van der Waals surface area contributed by atoms with Gasteiger partial charge >= 0.3 is 23.9 Å². The minimum absolute atomic E-state index is 0.00735. The van der Waals surface area contributed by atoms with Crippen molar-refractivity contribution in [2.45, 2.75) is 136 Å². The predicted octanol–water partition coefficient (Wildman–Crippen LogP) is 12.6. The highest BCUT2D eigenvalue weighted by atomic mass is 16.5. The zero-order valence-corrected chi connectivity index (χ0v) is 42.5. The number of ether oxygens (including phenoxy) is 4. The van der Waals surface area contributed by atoms with Crippen molar-refractivity contribution < 1.29 is 38.1 Å². The van der Waals surface area contributed by atoms with E-state index in [1.807, 2.05) is 48.5 Å². The summed E-state index contributed by atoms with van der Waals surface area (Å²) in [6.07, 6.45) is 21.3. The molecule has 0 amide bonds. The van der Waals surface area contributed by atoms with Gasteiger partial charge in [-0.15, -0.1) is 0 Å². The van der Waals surface area contributed by atoms with Crippen LogP contribution in [0, 0.1) is 23.7 Å². The van der Waals surface area contributed by atoms with Gasteiger partial charge in [-0.3, -0.25) is 9.59 Å². The van der Waals surface area contributed by atoms with Crippen LogP contribution in [0.2, 0.25) is 0 Å². The molecule has 2 aliphatic carbocycles. The average Bonchev–Trinajstić information content (AvgIpc) is 3.35. The van der Waals surface area contributed by atoms with Crippen LogP contribution in [0.15, 0.2) is 97.1 Å². The summed E-state index contributed by atoms with van der Waals surface area (Å²) in [6.45, 7) is 9.22. The molecule has 2 aliphatic rings. The molecule has 2 atom stereocenters. The normalized spacial score (nSPS) is 18.7. The molecule has 382 valence electrons. The fourth-order valence-electron chi connectivity index (χ4n) is 9.25. The second-order valence-electron chi connectivity index (χ2n) is 19.5. The fraction of sp³-hybridized carbons (Fsp3) is 0.458. The molecule has 0 spiro atoms. The monoisotopic (exact) mass is 971 g/mol. The van der Waals surface area contributed by atoms with Crippen LogP contribution in [-0.2, 0) is 28.7 Å². The van der Waals surface area contributed by atoms with E-state index >= 15 is 0 Å². The molecular formula is C59H78N4O8. The summed E-state index contributed by atoms with van der Waals surface area (Å²) >= 11 is 0. The summed E-state index contributed by atoms with van der Waals surface area (Å²) < 4.78 is 22.2. The van der Waals surface area contributed by atoms with Gasteiger partial charge < -0.3 is 41.9 Å². The van der Waals surface area contributed by atoms with Crippen molar-refractivity contribution in [3.05, 3.63) is 119 Å². The Morgan fingerprint density at radius 3 is 1.25 bits per heavy atom. The molecule has 2 fully saturated rings. The molecule has 0 saturated heterocycles. The Bertz CT molecular complexity index is 2320. The number of hydrogen-bond donors (Lipinski definition) is 4. The van der Waals surface area contributed by atoms with Crippen molar-refractivity contribution >= 4 is 58.8 Å². The summed E-state index contributed by atoms with van der Waals surface area (Å²) in [5.41, 5.74) is 29.8. The number of benzene rings is 4. The Balaban J connectivity index is 0.000000264. The Kier molecular flexibility index (Phi) is 22.6. The number of hydrogen-bond acceptors (Lipinski definition) is 12. The molecule has 0 aliphatic heterocycles. The lowest BCUT2D eigenvalue weighted by Gasteiger charge is -2.26. The summed E-state index contributed by atoms with van der Waals surface area (Å²) in [7, 11) is 0. The molecule has 4 aromatic rings. The van der Waals surface area contributed by atoms with Gasteiger partial charge in [-0.1, -0.05) is 84.1 Å². The molecule has 6 rings (SSSR count). The number of rotatable bonds is 21. The zero-order valence-electron chi connectivity index (χ0n) is 42.5. The van der Waals surface area contributed by atoms with Crippen LogP contribution in [0.25, 0.3) is 12.2 Å². The average molecular weight is 971 g/mol. The number of carbonyl (C=O) groups excluding carboxylic acids is 4. The summed E-state index contributed by atoms with van der Waals surface area (Å²) in [4.78, 5) is 49.6. The number of carbonyl (C=O) groups is 4. The molecule has 0 aromatic heterocycles. The third-order valence-electron chi connectivity index (χ3n) is 13.7. The van der Waals surface area contributed by atoms with Gasteiger partial charge in [0.1, 0.15) is 11.5 Å². The van der Waals surface area contributed by atoms with Gasteiger partial charge in [0, 0.05) is 46.7 Å². The number of unbranched alkanes of at least 4 members (excludes halogenated alkanes) is 2. The maximum atomic E-state index is 12.5. The smallest absolute Gasteiger partial charge is 0.330 e. The second kappa shape index (κ2) is 28.9. The van der Waals surface area contributed by atoms with E-state index in [0.717, 1.165) is 118 Å². The predicted molar refractivity (Wildman–Crippen MR) is 286 cm³/mol. The molecule has 4 aromatic carbocycles. The molecule has 2 saturated carbocycles. The van der Waals surface area contributed by atoms with Crippen molar-refractivity contribution in [3.63, 3.8) is 0 Å².